The molecule has 0 amide bonds. The van der Waals surface area contributed by atoms with Gasteiger partial charge in [-0.2, -0.15) is 0 Å². The van der Waals surface area contributed by atoms with Gasteiger partial charge in [0.2, 0.25) is 0 Å². The quantitative estimate of drug-likeness (QED) is 0.0285. The minimum atomic E-state index is -0.905. The number of hydrogen-bond donors (Lipinski definition) is 0. The van der Waals surface area contributed by atoms with E-state index in [1.807, 2.05) is 84.9 Å². The highest BCUT2D eigenvalue weighted by molar-refractivity contribution is 5.69. The molecule has 1 atom stereocenters. The second-order valence-electron chi connectivity index (χ2n) is 13.5. The molecule has 4 heteroatoms. The van der Waals surface area contributed by atoms with Crippen LogP contribution in [0.3, 0.4) is 0 Å². The molecule has 0 spiro atoms. The number of carbonyl (C=O) groups is 1. The summed E-state index contributed by atoms with van der Waals surface area (Å²) in [6, 6.07) is 40.9. The number of ether oxygens (including phenoxy) is 3. The van der Waals surface area contributed by atoms with E-state index in [0.29, 0.717) is 13.0 Å². The van der Waals surface area contributed by atoms with E-state index < -0.39 is 11.7 Å². The first-order valence-electron chi connectivity index (χ1n) is 19.5. The molecule has 0 aromatic heterocycles. The maximum atomic E-state index is 13.2. The number of carbonyl (C=O) groups excluding carboxylic acids is 1. The minimum absolute atomic E-state index is 0.172. The van der Waals surface area contributed by atoms with Crippen molar-refractivity contribution in [2.75, 3.05) is 13.2 Å². The molecule has 0 bridgehead atoms. The first kappa shape index (κ1) is 39.8. The molecule has 51 heavy (non-hydrogen) atoms. The lowest BCUT2D eigenvalue weighted by atomic mass is 9.80. The van der Waals surface area contributed by atoms with Crippen molar-refractivity contribution >= 4 is 5.97 Å². The van der Waals surface area contributed by atoms with Crippen LogP contribution in [0.15, 0.2) is 133 Å². The van der Waals surface area contributed by atoms with Crippen molar-refractivity contribution < 1.29 is 19.0 Å². The normalized spacial score (nSPS) is 12.3. The topological polar surface area (TPSA) is 44.8 Å². The van der Waals surface area contributed by atoms with Gasteiger partial charge < -0.3 is 14.2 Å². The summed E-state index contributed by atoms with van der Waals surface area (Å²) in [6.07, 6.45) is 20.4. The van der Waals surface area contributed by atoms with Gasteiger partial charge in [0.25, 0.3) is 0 Å². The van der Waals surface area contributed by atoms with Gasteiger partial charge in [0.15, 0.2) is 0 Å². The average molecular weight is 689 g/mol. The molecule has 4 rings (SSSR count). The largest absolute Gasteiger partial charge is 0.457 e. The number of allylic oxidation sites excluding steroid dienone is 2. The van der Waals surface area contributed by atoms with Crippen LogP contribution in [-0.2, 0) is 31.2 Å². The van der Waals surface area contributed by atoms with Gasteiger partial charge in [0.05, 0.1) is 19.8 Å². The van der Waals surface area contributed by atoms with Gasteiger partial charge in [-0.1, -0.05) is 192 Å². The molecular weight excluding hydrogens is 629 g/mol. The second kappa shape index (κ2) is 24.2. The smallest absolute Gasteiger partial charge is 0.306 e. The van der Waals surface area contributed by atoms with Crippen LogP contribution in [0.4, 0.5) is 0 Å². The molecule has 0 saturated carbocycles. The van der Waals surface area contributed by atoms with Crippen LogP contribution in [-0.4, -0.2) is 25.3 Å². The van der Waals surface area contributed by atoms with Crippen molar-refractivity contribution in [3.63, 3.8) is 0 Å². The summed E-state index contributed by atoms with van der Waals surface area (Å²) in [5, 5.41) is 0. The predicted octanol–water partition coefficient (Wildman–Crippen LogP) is 12.2. The van der Waals surface area contributed by atoms with Crippen LogP contribution in [0.2, 0.25) is 0 Å². The highest BCUT2D eigenvalue weighted by Gasteiger charge is 2.38. The fourth-order valence-corrected chi connectivity index (χ4v) is 6.57. The fraction of sp³-hybridized carbons (Fsp3) is 0.426. The SMILES string of the molecule is CCCCCCCC/C=C\CCCCCCCC(=O)O[C@@H](COCc1ccccc1)COC(c1ccccc1)(c1ccccc1)c1ccccc1. The van der Waals surface area contributed by atoms with E-state index >= 15 is 0 Å². The minimum Gasteiger partial charge on any atom is -0.457 e. The van der Waals surface area contributed by atoms with Gasteiger partial charge in [-0.05, 0) is 54.4 Å². The zero-order chi connectivity index (χ0) is 35.7. The molecule has 4 aromatic rings. The van der Waals surface area contributed by atoms with Gasteiger partial charge in [0, 0.05) is 6.42 Å². The van der Waals surface area contributed by atoms with Crippen LogP contribution < -0.4 is 0 Å². The summed E-state index contributed by atoms with van der Waals surface area (Å²) in [6.45, 7) is 3.11. The zero-order valence-electron chi connectivity index (χ0n) is 30.9. The summed E-state index contributed by atoms with van der Waals surface area (Å²) in [7, 11) is 0. The molecule has 0 fully saturated rings. The molecule has 0 aliphatic heterocycles. The molecule has 0 radical (unpaired) electrons. The maximum absolute atomic E-state index is 13.2. The molecule has 4 nitrogen and oxygen atoms in total. The van der Waals surface area contributed by atoms with Crippen LogP contribution in [0.1, 0.15) is 119 Å². The molecule has 0 saturated heterocycles. The van der Waals surface area contributed by atoms with Gasteiger partial charge in [0.1, 0.15) is 11.7 Å². The third-order valence-corrected chi connectivity index (χ3v) is 9.38. The summed E-state index contributed by atoms with van der Waals surface area (Å²) in [5.41, 5.74) is 3.18. The van der Waals surface area contributed by atoms with E-state index in [1.165, 1.54) is 57.8 Å². The Kier molecular flexibility index (Phi) is 18.9. The summed E-state index contributed by atoms with van der Waals surface area (Å²) in [5.74, 6) is -0.200. The zero-order valence-corrected chi connectivity index (χ0v) is 30.9. The Labute approximate surface area is 308 Å². The molecule has 0 N–H and O–H groups in total. The van der Waals surface area contributed by atoms with E-state index in [2.05, 4.69) is 55.5 Å². The maximum Gasteiger partial charge on any atom is 0.306 e. The van der Waals surface area contributed by atoms with Crippen LogP contribution in [0, 0.1) is 0 Å². The Hall–Kier alpha value is -3.99. The number of rotatable bonds is 26. The summed E-state index contributed by atoms with van der Waals surface area (Å²) < 4.78 is 19.3. The van der Waals surface area contributed by atoms with Gasteiger partial charge >= 0.3 is 5.97 Å². The van der Waals surface area contributed by atoms with E-state index in [4.69, 9.17) is 14.2 Å². The van der Waals surface area contributed by atoms with Gasteiger partial charge in [-0.3, -0.25) is 4.79 Å². The van der Waals surface area contributed by atoms with Crippen molar-refractivity contribution in [3.05, 3.63) is 156 Å². The standard InChI is InChI=1S/C47H60O4/c1-2-3-4-5-6-7-8-9-10-11-12-13-14-15-28-37-46(48)51-45(39-49-38-41-29-20-16-21-30-41)40-50-47(42-31-22-17-23-32-42,43-33-24-18-25-34-43)44-35-26-19-27-36-44/h9-10,16-27,29-36,45H,2-8,11-15,28,37-40H2,1H3/b10-9-/t45-/m0/s1. The number of hydrogen-bond acceptors (Lipinski definition) is 4. The van der Waals surface area contributed by atoms with Gasteiger partial charge in [-0.15, -0.1) is 0 Å². The Balaban J connectivity index is 1.31. The molecule has 272 valence electrons. The average Bonchev–Trinajstić information content (AvgIpc) is 3.18. The predicted molar refractivity (Wildman–Crippen MR) is 211 cm³/mol. The third-order valence-electron chi connectivity index (χ3n) is 9.38. The van der Waals surface area contributed by atoms with Crippen LogP contribution >= 0.6 is 0 Å². The van der Waals surface area contributed by atoms with E-state index in [9.17, 15) is 4.79 Å². The van der Waals surface area contributed by atoms with Gasteiger partial charge in [-0.25, -0.2) is 0 Å². The monoisotopic (exact) mass is 688 g/mol. The number of unbranched alkanes of at least 4 members (excludes halogenated alkanes) is 11. The van der Waals surface area contributed by atoms with Crippen LogP contribution in [0.25, 0.3) is 0 Å². The molecule has 0 aliphatic rings. The molecule has 0 unspecified atom stereocenters. The molecule has 4 aromatic carbocycles. The first-order valence-corrected chi connectivity index (χ1v) is 19.5. The Bertz CT molecular complexity index is 1370. The lowest BCUT2D eigenvalue weighted by molar-refractivity contribution is -0.160. The van der Waals surface area contributed by atoms with Crippen molar-refractivity contribution in [1.82, 2.24) is 0 Å². The Morgan fingerprint density at radius 2 is 1.02 bits per heavy atom. The van der Waals surface area contributed by atoms with Crippen molar-refractivity contribution in [3.8, 4) is 0 Å². The highest BCUT2D eigenvalue weighted by atomic mass is 16.6. The summed E-state index contributed by atoms with van der Waals surface area (Å²) >= 11 is 0. The fourth-order valence-electron chi connectivity index (χ4n) is 6.57. The summed E-state index contributed by atoms with van der Waals surface area (Å²) in [4.78, 5) is 13.2. The lowest BCUT2D eigenvalue weighted by Crippen LogP contribution is -2.38. The lowest BCUT2D eigenvalue weighted by Gasteiger charge is -2.37. The number of benzene rings is 4. The molecular formula is C47H60O4. The van der Waals surface area contributed by atoms with Crippen LogP contribution in [0.5, 0.6) is 0 Å². The van der Waals surface area contributed by atoms with Crippen molar-refractivity contribution in [2.45, 2.75) is 115 Å². The first-order chi connectivity index (χ1) is 25.2. The number of esters is 1. The Morgan fingerprint density at radius 3 is 1.53 bits per heavy atom. The van der Waals surface area contributed by atoms with E-state index in [1.54, 1.807) is 0 Å². The third kappa shape index (κ3) is 14.3. The second-order valence-corrected chi connectivity index (χ2v) is 13.5. The Morgan fingerprint density at radius 1 is 0.569 bits per heavy atom. The van der Waals surface area contributed by atoms with E-state index in [-0.39, 0.29) is 19.2 Å². The van der Waals surface area contributed by atoms with Crippen molar-refractivity contribution in [1.29, 1.82) is 0 Å². The van der Waals surface area contributed by atoms with E-state index in [0.717, 1.165) is 47.9 Å². The highest BCUT2D eigenvalue weighted by Crippen LogP contribution is 2.40. The molecule has 0 heterocycles. The van der Waals surface area contributed by atoms with Crippen molar-refractivity contribution in [2.24, 2.45) is 0 Å². The molecule has 0 aliphatic carbocycles.